The van der Waals surface area contributed by atoms with E-state index in [0.717, 1.165) is 23.3 Å². The van der Waals surface area contributed by atoms with E-state index in [1.54, 1.807) is 24.5 Å². The van der Waals surface area contributed by atoms with Crippen LogP contribution in [0.2, 0.25) is 0 Å². The predicted octanol–water partition coefficient (Wildman–Crippen LogP) is 3.65. The third-order valence-electron chi connectivity index (χ3n) is 2.83. The first-order valence-corrected chi connectivity index (χ1v) is 7.47. The average molecular weight is 315 g/mol. The minimum atomic E-state index is -4.41. The molecule has 0 fully saturated rings. The molecular weight excluding hydrogens is 299 g/mol. The summed E-state index contributed by atoms with van der Waals surface area (Å²) >= 11 is 1.12. The molecule has 0 saturated carbocycles. The summed E-state index contributed by atoms with van der Waals surface area (Å²) in [5.74, 6) is 0. The Morgan fingerprint density at radius 3 is 2.57 bits per heavy atom. The van der Waals surface area contributed by atoms with E-state index in [2.05, 4.69) is 15.3 Å². The lowest BCUT2D eigenvalue weighted by molar-refractivity contribution is -0.141. The number of halogens is 3. The number of aromatic nitrogens is 2. The van der Waals surface area contributed by atoms with E-state index >= 15 is 0 Å². The minimum Gasteiger partial charge on any atom is -0.312 e. The van der Waals surface area contributed by atoms with Crippen molar-refractivity contribution in [2.45, 2.75) is 32.5 Å². The molecule has 3 nitrogen and oxygen atoms in total. The fraction of sp³-hybridized carbons (Fsp3) is 0.429. The first kappa shape index (κ1) is 15.9. The van der Waals surface area contributed by atoms with E-state index in [1.165, 1.54) is 0 Å². The van der Waals surface area contributed by atoms with Crippen LogP contribution in [0.15, 0.2) is 24.5 Å². The van der Waals surface area contributed by atoms with Gasteiger partial charge < -0.3 is 5.32 Å². The smallest absolute Gasteiger partial charge is 0.312 e. The molecule has 0 bridgehead atoms. The second-order valence-electron chi connectivity index (χ2n) is 4.59. The summed E-state index contributed by atoms with van der Waals surface area (Å²) in [5, 5.41) is 3.48. The van der Waals surface area contributed by atoms with Crippen LogP contribution in [0.1, 0.15) is 34.5 Å². The molecule has 114 valence electrons. The van der Waals surface area contributed by atoms with E-state index in [0.29, 0.717) is 18.0 Å². The van der Waals surface area contributed by atoms with Gasteiger partial charge in [-0.15, -0.1) is 11.3 Å². The van der Waals surface area contributed by atoms with Crippen molar-refractivity contribution < 1.29 is 13.2 Å². The van der Waals surface area contributed by atoms with Gasteiger partial charge in [0.1, 0.15) is 0 Å². The number of nitrogens with zero attached hydrogens (tertiary/aromatic N) is 2. The van der Waals surface area contributed by atoms with Crippen molar-refractivity contribution in [3.8, 4) is 0 Å². The molecule has 0 amide bonds. The van der Waals surface area contributed by atoms with Crippen LogP contribution in [0.5, 0.6) is 0 Å². The summed E-state index contributed by atoms with van der Waals surface area (Å²) in [4.78, 5) is 7.93. The van der Waals surface area contributed by atoms with Crippen molar-refractivity contribution >= 4 is 11.3 Å². The minimum absolute atomic E-state index is 0.205. The van der Waals surface area contributed by atoms with Crippen LogP contribution >= 0.6 is 11.3 Å². The van der Waals surface area contributed by atoms with Crippen LogP contribution in [0.4, 0.5) is 13.2 Å². The summed E-state index contributed by atoms with van der Waals surface area (Å²) in [5.41, 5.74) is 0.140. The highest BCUT2D eigenvalue weighted by Crippen LogP contribution is 2.34. The summed E-state index contributed by atoms with van der Waals surface area (Å²) in [6.07, 6.45) is 0.110. The molecule has 2 aromatic heterocycles. The van der Waals surface area contributed by atoms with Crippen molar-refractivity contribution in [2.75, 3.05) is 6.54 Å². The van der Waals surface area contributed by atoms with Crippen LogP contribution in [0.25, 0.3) is 0 Å². The highest BCUT2D eigenvalue weighted by molar-refractivity contribution is 7.11. The normalized spacial score (nSPS) is 11.8. The highest BCUT2D eigenvalue weighted by Gasteiger charge is 2.37. The summed E-state index contributed by atoms with van der Waals surface area (Å²) in [6, 6.07) is 3.56. The van der Waals surface area contributed by atoms with Gasteiger partial charge >= 0.3 is 6.18 Å². The van der Waals surface area contributed by atoms with Crippen LogP contribution in [0, 0.1) is 0 Å². The van der Waals surface area contributed by atoms with E-state index in [9.17, 15) is 13.2 Å². The first-order chi connectivity index (χ1) is 10.0. The molecule has 0 aliphatic carbocycles. The molecule has 0 atom stereocenters. The zero-order valence-corrected chi connectivity index (χ0v) is 12.4. The van der Waals surface area contributed by atoms with Gasteiger partial charge in [0.25, 0.3) is 0 Å². The molecule has 2 heterocycles. The first-order valence-electron chi connectivity index (χ1n) is 6.66. The zero-order chi connectivity index (χ0) is 15.3. The Balaban J connectivity index is 2.19. The number of hydrogen-bond donors (Lipinski definition) is 1. The number of rotatable bonds is 6. The maximum Gasteiger partial charge on any atom is 0.434 e. The van der Waals surface area contributed by atoms with Crippen molar-refractivity contribution in [1.82, 2.24) is 15.3 Å². The van der Waals surface area contributed by atoms with Crippen molar-refractivity contribution in [3.05, 3.63) is 45.7 Å². The Labute approximate surface area is 125 Å². The quantitative estimate of drug-likeness (QED) is 0.827. The van der Waals surface area contributed by atoms with Gasteiger partial charge in [0, 0.05) is 25.4 Å². The van der Waals surface area contributed by atoms with Crippen molar-refractivity contribution in [2.24, 2.45) is 0 Å². The number of alkyl halides is 3. The lowest BCUT2D eigenvalue weighted by atomic mass is 10.2. The standard InChI is InChI=1S/C14H16F3N3S/c1-2-5-19-9-11-13(14(15,16)17)20-12(21-11)8-10-3-6-18-7-4-10/h3-4,6-7,19H,2,5,8-9H2,1H3. The Bertz CT molecular complexity index is 567. The second-order valence-corrected chi connectivity index (χ2v) is 5.75. The molecule has 0 saturated heterocycles. The zero-order valence-electron chi connectivity index (χ0n) is 11.6. The molecule has 0 aliphatic heterocycles. The molecule has 0 aliphatic rings. The lowest BCUT2D eigenvalue weighted by Crippen LogP contribution is -2.17. The van der Waals surface area contributed by atoms with Gasteiger partial charge in [0.05, 0.1) is 9.88 Å². The molecule has 2 aromatic rings. The maximum absolute atomic E-state index is 13.0. The average Bonchev–Trinajstić information content (AvgIpc) is 2.83. The molecule has 7 heteroatoms. The Morgan fingerprint density at radius 2 is 1.95 bits per heavy atom. The Kier molecular flexibility index (Phi) is 5.30. The Morgan fingerprint density at radius 1 is 1.24 bits per heavy atom. The molecule has 2 rings (SSSR count). The van der Waals surface area contributed by atoms with E-state index in [4.69, 9.17) is 0 Å². The molecular formula is C14H16F3N3S. The summed E-state index contributed by atoms with van der Waals surface area (Å²) < 4.78 is 39.0. The highest BCUT2D eigenvalue weighted by atomic mass is 32.1. The number of nitrogens with one attached hydrogen (secondary N) is 1. The second kappa shape index (κ2) is 7.00. The topological polar surface area (TPSA) is 37.8 Å². The molecule has 0 spiro atoms. The molecule has 0 aromatic carbocycles. The maximum atomic E-state index is 13.0. The van der Waals surface area contributed by atoms with E-state index < -0.39 is 11.9 Å². The van der Waals surface area contributed by atoms with Gasteiger partial charge in [-0.3, -0.25) is 4.98 Å². The predicted molar refractivity (Wildman–Crippen MR) is 76.2 cm³/mol. The summed E-state index contributed by atoms with van der Waals surface area (Å²) in [7, 11) is 0. The molecule has 0 radical (unpaired) electrons. The van der Waals surface area contributed by atoms with E-state index in [-0.39, 0.29) is 11.4 Å². The molecule has 21 heavy (non-hydrogen) atoms. The van der Waals surface area contributed by atoms with Crippen LogP contribution in [0.3, 0.4) is 0 Å². The van der Waals surface area contributed by atoms with Crippen molar-refractivity contribution in [1.29, 1.82) is 0 Å². The number of pyridine rings is 1. The van der Waals surface area contributed by atoms with Crippen LogP contribution in [-0.4, -0.2) is 16.5 Å². The third kappa shape index (κ3) is 4.50. The third-order valence-corrected chi connectivity index (χ3v) is 3.88. The number of thiazole rings is 1. The van der Waals surface area contributed by atoms with Gasteiger partial charge in [-0.2, -0.15) is 13.2 Å². The summed E-state index contributed by atoms with van der Waals surface area (Å²) in [6.45, 7) is 2.87. The largest absolute Gasteiger partial charge is 0.434 e. The Hall–Kier alpha value is -1.47. The lowest BCUT2D eigenvalue weighted by Gasteiger charge is -2.06. The fourth-order valence-electron chi connectivity index (χ4n) is 1.87. The SMILES string of the molecule is CCCNCc1sc(Cc2ccncc2)nc1C(F)(F)F. The van der Waals surface area contributed by atoms with E-state index in [1.807, 2.05) is 6.92 Å². The fourth-order valence-corrected chi connectivity index (χ4v) is 2.96. The van der Waals surface area contributed by atoms with Gasteiger partial charge in [-0.1, -0.05) is 6.92 Å². The van der Waals surface area contributed by atoms with Crippen LogP contribution in [-0.2, 0) is 19.1 Å². The van der Waals surface area contributed by atoms with Crippen LogP contribution < -0.4 is 5.32 Å². The van der Waals surface area contributed by atoms with Gasteiger partial charge in [0.15, 0.2) is 5.69 Å². The van der Waals surface area contributed by atoms with Gasteiger partial charge in [0.2, 0.25) is 0 Å². The van der Waals surface area contributed by atoms with Crippen molar-refractivity contribution in [3.63, 3.8) is 0 Å². The van der Waals surface area contributed by atoms with Gasteiger partial charge in [-0.25, -0.2) is 4.98 Å². The monoisotopic (exact) mass is 315 g/mol. The van der Waals surface area contributed by atoms with Gasteiger partial charge in [-0.05, 0) is 30.7 Å². The number of hydrogen-bond acceptors (Lipinski definition) is 4. The molecule has 0 unspecified atom stereocenters. The molecule has 1 N–H and O–H groups in total.